The fraction of sp³-hybridized carbons (Fsp3) is 0.263. The Bertz CT molecular complexity index is 837. The SMILES string of the molecule is COc1cc(CN(C)CC(=O)Nc2ccccc2C#N)ccc1OC(F)F. The minimum Gasteiger partial charge on any atom is -0.493 e. The summed E-state index contributed by atoms with van der Waals surface area (Å²) in [5, 5.41) is 11.8. The second kappa shape index (κ2) is 9.50. The van der Waals surface area contributed by atoms with Gasteiger partial charge < -0.3 is 14.8 Å². The third-order valence-corrected chi connectivity index (χ3v) is 3.63. The largest absolute Gasteiger partial charge is 0.493 e. The van der Waals surface area contributed by atoms with Crippen LogP contribution in [-0.2, 0) is 11.3 Å². The molecule has 6 nitrogen and oxygen atoms in total. The Morgan fingerprint density at radius 3 is 2.67 bits per heavy atom. The molecule has 0 heterocycles. The summed E-state index contributed by atoms with van der Waals surface area (Å²) >= 11 is 0. The highest BCUT2D eigenvalue weighted by Gasteiger charge is 2.13. The van der Waals surface area contributed by atoms with Gasteiger partial charge in [0.05, 0.1) is 24.9 Å². The molecule has 0 radical (unpaired) electrons. The van der Waals surface area contributed by atoms with E-state index < -0.39 is 6.61 Å². The summed E-state index contributed by atoms with van der Waals surface area (Å²) in [7, 11) is 3.10. The van der Waals surface area contributed by atoms with Gasteiger partial charge in [0.1, 0.15) is 6.07 Å². The maximum atomic E-state index is 12.4. The molecule has 0 aromatic heterocycles. The Balaban J connectivity index is 1.97. The number of carbonyl (C=O) groups is 1. The van der Waals surface area contributed by atoms with Gasteiger partial charge in [-0.15, -0.1) is 0 Å². The molecule has 0 aliphatic heterocycles. The van der Waals surface area contributed by atoms with Crippen LogP contribution < -0.4 is 14.8 Å². The molecule has 0 bridgehead atoms. The van der Waals surface area contributed by atoms with Crippen molar-refractivity contribution in [3.8, 4) is 17.6 Å². The molecule has 8 heteroatoms. The minimum atomic E-state index is -2.94. The number of anilines is 1. The maximum absolute atomic E-state index is 12.4. The van der Waals surface area contributed by atoms with E-state index in [0.29, 0.717) is 17.8 Å². The minimum absolute atomic E-state index is 0.0512. The van der Waals surface area contributed by atoms with Gasteiger partial charge in [0.15, 0.2) is 11.5 Å². The van der Waals surface area contributed by atoms with E-state index in [1.165, 1.54) is 13.2 Å². The number of halogens is 2. The molecule has 0 aliphatic carbocycles. The van der Waals surface area contributed by atoms with Crippen LogP contribution in [0, 0.1) is 11.3 Å². The third-order valence-electron chi connectivity index (χ3n) is 3.63. The van der Waals surface area contributed by atoms with E-state index in [2.05, 4.69) is 10.1 Å². The Morgan fingerprint density at radius 1 is 1.26 bits per heavy atom. The van der Waals surface area contributed by atoms with E-state index in [-0.39, 0.29) is 24.0 Å². The topological polar surface area (TPSA) is 74.6 Å². The highest BCUT2D eigenvalue weighted by molar-refractivity contribution is 5.93. The summed E-state index contributed by atoms with van der Waals surface area (Å²) < 4.78 is 34.2. The van der Waals surface area contributed by atoms with Crippen LogP contribution >= 0.6 is 0 Å². The first-order chi connectivity index (χ1) is 12.9. The van der Waals surface area contributed by atoms with Gasteiger partial charge in [-0.2, -0.15) is 14.0 Å². The van der Waals surface area contributed by atoms with Gasteiger partial charge in [0.2, 0.25) is 5.91 Å². The van der Waals surface area contributed by atoms with Crippen LogP contribution in [0.1, 0.15) is 11.1 Å². The van der Waals surface area contributed by atoms with Crippen LogP contribution in [0.3, 0.4) is 0 Å². The van der Waals surface area contributed by atoms with Crippen LogP contribution in [0.4, 0.5) is 14.5 Å². The number of hydrogen-bond acceptors (Lipinski definition) is 5. The molecule has 2 aromatic rings. The molecular formula is C19H19F2N3O3. The van der Waals surface area contributed by atoms with Crippen molar-refractivity contribution in [1.29, 1.82) is 5.26 Å². The highest BCUT2D eigenvalue weighted by atomic mass is 19.3. The number of nitrogens with one attached hydrogen (secondary N) is 1. The molecule has 0 unspecified atom stereocenters. The Kier molecular flexibility index (Phi) is 7.08. The Labute approximate surface area is 155 Å². The van der Waals surface area contributed by atoms with Crippen molar-refractivity contribution < 1.29 is 23.0 Å². The van der Waals surface area contributed by atoms with E-state index in [0.717, 1.165) is 5.56 Å². The first-order valence-electron chi connectivity index (χ1n) is 8.02. The predicted molar refractivity (Wildman–Crippen MR) is 95.7 cm³/mol. The Morgan fingerprint density at radius 2 is 2.00 bits per heavy atom. The molecular weight excluding hydrogens is 356 g/mol. The predicted octanol–water partition coefficient (Wildman–Crippen LogP) is 3.24. The first kappa shape index (κ1) is 20.1. The lowest BCUT2D eigenvalue weighted by molar-refractivity contribution is -0.117. The number of amides is 1. The van der Waals surface area contributed by atoms with Crippen LogP contribution in [0.25, 0.3) is 0 Å². The normalized spacial score (nSPS) is 10.6. The van der Waals surface area contributed by atoms with Crippen molar-refractivity contribution in [3.05, 3.63) is 53.6 Å². The average Bonchev–Trinajstić information content (AvgIpc) is 2.62. The first-order valence-corrected chi connectivity index (χ1v) is 8.02. The summed E-state index contributed by atoms with van der Waals surface area (Å²) in [6, 6.07) is 13.3. The van der Waals surface area contributed by atoms with Gasteiger partial charge in [0, 0.05) is 6.54 Å². The number of nitrogens with zero attached hydrogens (tertiary/aromatic N) is 2. The number of ether oxygens (including phenoxy) is 2. The number of likely N-dealkylation sites (N-methyl/N-ethyl adjacent to an activating group) is 1. The van der Waals surface area contributed by atoms with Crippen molar-refractivity contribution >= 4 is 11.6 Å². The number of nitriles is 1. The van der Waals surface area contributed by atoms with Gasteiger partial charge in [-0.3, -0.25) is 9.69 Å². The summed E-state index contributed by atoms with van der Waals surface area (Å²) in [4.78, 5) is 13.9. The standard InChI is InChI=1S/C19H19F2N3O3/c1-24(12-18(25)23-15-6-4-3-5-14(15)10-22)11-13-7-8-16(27-19(20)21)17(9-13)26-2/h3-9,19H,11-12H2,1-2H3,(H,23,25). The van der Waals surface area contributed by atoms with Gasteiger partial charge >= 0.3 is 6.61 Å². The van der Waals surface area contributed by atoms with Crippen LogP contribution in [0.2, 0.25) is 0 Å². The fourth-order valence-corrected chi connectivity index (χ4v) is 2.50. The molecule has 0 atom stereocenters. The van der Waals surface area contributed by atoms with E-state index >= 15 is 0 Å². The smallest absolute Gasteiger partial charge is 0.387 e. The summed E-state index contributed by atoms with van der Waals surface area (Å²) in [6.45, 7) is -2.47. The van der Waals surface area contributed by atoms with Crippen molar-refractivity contribution in [2.45, 2.75) is 13.2 Å². The third kappa shape index (κ3) is 5.94. The number of carbonyl (C=O) groups excluding carboxylic acids is 1. The van der Waals surface area contributed by atoms with Crippen LogP contribution in [0.15, 0.2) is 42.5 Å². The average molecular weight is 375 g/mol. The van der Waals surface area contributed by atoms with E-state index in [1.54, 1.807) is 48.3 Å². The second-order valence-electron chi connectivity index (χ2n) is 5.74. The molecule has 0 aliphatic rings. The zero-order valence-corrected chi connectivity index (χ0v) is 14.9. The van der Waals surface area contributed by atoms with Gasteiger partial charge in [-0.1, -0.05) is 18.2 Å². The zero-order chi connectivity index (χ0) is 19.8. The molecule has 1 N–H and O–H groups in total. The molecule has 0 saturated heterocycles. The highest BCUT2D eigenvalue weighted by Crippen LogP contribution is 2.29. The summed E-state index contributed by atoms with van der Waals surface area (Å²) in [6.07, 6.45) is 0. The van der Waals surface area contributed by atoms with Gasteiger partial charge in [-0.25, -0.2) is 0 Å². The fourth-order valence-electron chi connectivity index (χ4n) is 2.50. The Hall–Kier alpha value is -3.18. The van der Waals surface area contributed by atoms with E-state index in [9.17, 15) is 13.6 Å². The molecule has 0 fully saturated rings. The number of alkyl halides is 2. The lowest BCUT2D eigenvalue weighted by Gasteiger charge is -2.18. The van der Waals surface area contributed by atoms with E-state index in [1.807, 2.05) is 6.07 Å². The number of rotatable bonds is 8. The van der Waals surface area contributed by atoms with Crippen molar-refractivity contribution in [1.82, 2.24) is 4.90 Å². The molecule has 2 rings (SSSR count). The summed E-state index contributed by atoms with van der Waals surface area (Å²) in [5.74, 6) is -0.136. The lowest BCUT2D eigenvalue weighted by Crippen LogP contribution is -2.30. The number of methoxy groups -OCH3 is 1. The van der Waals surface area contributed by atoms with Gasteiger partial charge in [-0.05, 0) is 36.9 Å². The van der Waals surface area contributed by atoms with Crippen molar-refractivity contribution in [3.63, 3.8) is 0 Å². The monoisotopic (exact) mass is 375 g/mol. The molecule has 0 saturated carbocycles. The number of hydrogen-bond donors (Lipinski definition) is 1. The molecule has 27 heavy (non-hydrogen) atoms. The number of para-hydroxylation sites is 1. The van der Waals surface area contributed by atoms with Crippen LogP contribution in [0.5, 0.6) is 11.5 Å². The quantitative estimate of drug-likeness (QED) is 0.767. The van der Waals surface area contributed by atoms with Crippen LogP contribution in [-0.4, -0.2) is 38.1 Å². The van der Waals surface area contributed by atoms with Crippen molar-refractivity contribution in [2.24, 2.45) is 0 Å². The maximum Gasteiger partial charge on any atom is 0.387 e. The molecule has 142 valence electrons. The lowest BCUT2D eigenvalue weighted by atomic mass is 10.2. The number of benzene rings is 2. The molecule has 2 aromatic carbocycles. The van der Waals surface area contributed by atoms with Crippen molar-refractivity contribution in [2.75, 3.05) is 26.0 Å². The van der Waals surface area contributed by atoms with E-state index in [4.69, 9.17) is 10.00 Å². The second-order valence-corrected chi connectivity index (χ2v) is 5.74. The molecule has 1 amide bonds. The zero-order valence-electron chi connectivity index (χ0n) is 14.9. The van der Waals surface area contributed by atoms with Gasteiger partial charge in [0.25, 0.3) is 0 Å². The molecule has 0 spiro atoms. The summed E-state index contributed by atoms with van der Waals surface area (Å²) in [5.41, 5.74) is 1.60.